The first-order valence-corrected chi connectivity index (χ1v) is 26.6. The molecule has 1 spiro atoms. The molecule has 10 aromatic carbocycles. The van der Waals surface area contributed by atoms with Crippen molar-refractivity contribution < 1.29 is 0 Å². The second kappa shape index (κ2) is 16.4. The lowest BCUT2D eigenvalue weighted by atomic mass is 9.50. The van der Waals surface area contributed by atoms with Crippen molar-refractivity contribution in [2.24, 2.45) is 17.8 Å². The van der Waals surface area contributed by atoms with Crippen LogP contribution in [0.5, 0.6) is 0 Å². The van der Waals surface area contributed by atoms with Gasteiger partial charge in [-0.05, 0) is 164 Å². The Labute approximate surface area is 428 Å². The molecule has 73 heavy (non-hydrogen) atoms. The summed E-state index contributed by atoms with van der Waals surface area (Å²) in [6.07, 6.45) is 6.73. The Bertz CT molecular complexity index is 3820. The Morgan fingerprint density at radius 2 is 0.849 bits per heavy atom. The Hall–Kier alpha value is -8.20. The molecule has 2 nitrogen and oxygen atoms in total. The van der Waals surface area contributed by atoms with Crippen LogP contribution in [0.4, 0.5) is 17.1 Å². The molecule has 1 aromatic heterocycles. The molecule has 1 heterocycles. The highest BCUT2D eigenvalue weighted by Crippen LogP contribution is 2.65. The Balaban J connectivity index is 0.916. The van der Waals surface area contributed by atoms with E-state index in [1.54, 1.807) is 0 Å². The molecule has 0 saturated heterocycles. The van der Waals surface area contributed by atoms with E-state index in [1.165, 1.54) is 126 Å². The van der Waals surface area contributed by atoms with Gasteiger partial charge in [0.2, 0.25) is 0 Å². The fourth-order valence-electron chi connectivity index (χ4n) is 14.9. The zero-order valence-electron chi connectivity index (χ0n) is 41.3. The van der Waals surface area contributed by atoms with E-state index in [0.29, 0.717) is 5.92 Å². The molecule has 2 saturated carbocycles. The van der Waals surface area contributed by atoms with Gasteiger partial charge in [0, 0.05) is 38.9 Å². The summed E-state index contributed by atoms with van der Waals surface area (Å²) < 4.78 is 2.41. The highest BCUT2D eigenvalue weighted by Gasteiger charge is 2.57. The Morgan fingerprint density at radius 1 is 0.370 bits per heavy atom. The third kappa shape index (κ3) is 6.29. The van der Waals surface area contributed by atoms with E-state index < -0.39 is 5.41 Å². The average molecular weight is 937 g/mol. The number of rotatable bonds is 7. The number of nitrogens with zero attached hydrogens (tertiary/aromatic N) is 2. The minimum atomic E-state index is -0.442. The van der Waals surface area contributed by atoms with Crippen molar-refractivity contribution >= 4 is 38.9 Å². The molecule has 2 fully saturated rings. The van der Waals surface area contributed by atoms with Gasteiger partial charge in [0.05, 0.1) is 16.4 Å². The highest BCUT2D eigenvalue weighted by molar-refractivity contribution is 6.09. The molecular formula is C71H56N2. The molecule has 0 amide bonds. The van der Waals surface area contributed by atoms with Crippen LogP contribution in [0, 0.1) is 17.8 Å². The van der Waals surface area contributed by atoms with Crippen LogP contribution in [0.25, 0.3) is 60.9 Å². The quantitative estimate of drug-likeness (QED) is 0.155. The van der Waals surface area contributed by atoms with Crippen molar-refractivity contribution in [3.8, 4) is 39.1 Å². The zero-order chi connectivity index (χ0) is 48.3. The Morgan fingerprint density at radius 3 is 1.48 bits per heavy atom. The first-order chi connectivity index (χ1) is 36.1. The number of fused-ring (bicyclic) bond motifs is 14. The monoisotopic (exact) mass is 936 g/mol. The van der Waals surface area contributed by atoms with Crippen LogP contribution in [0.1, 0.15) is 72.4 Å². The van der Waals surface area contributed by atoms with Crippen molar-refractivity contribution in [1.29, 1.82) is 0 Å². The summed E-state index contributed by atoms with van der Waals surface area (Å²) in [6, 6.07) is 91.7. The first kappa shape index (κ1) is 42.5. The molecule has 11 aromatic rings. The van der Waals surface area contributed by atoms with Crippen LogP contribution >= 0.6 is 0 Å². The van der Waals surface area contributed by atoms with E-state index in [4.69, 9.17) is 0 Å². The number of hydrogen-bond donors (Lipinski definition) is 0. The lowest BCUT2D eigenvalue weighted by Gasteiger charge is -2.52. The smallest absolute Gasteiger partial charge is 0.0719 e. The summed E-state index contributed by atoms with van der Waals surface area (Å²) in [5.41, 5.74) is 22.6. The van der Waals surface area contributed by atoms with Crippen LogP contribution < -0.4 is 4.90 Å². The second-order valence-corrected chi connectivity index (χ2v) is 21.7. The predicted molar refractivity (Wildman–Crippen MR) is 304 cm³/mol. The normalized spacial score (nSPS) is 19.9. The van der Waals surface area contributed by atoms with Gasteiger partial charge in [-0.25, -0.2) is 0 Å². The molecule has 2 heteroatoms. The number of anilines is 3. The minimum absolute atomic E-state index is 0.199. The van der Waals surface area contributed by atoms with E-state index in [0.717, 1.165) is 28.9 Å². The summed E-state index contributed by atoms with van der Waals surface area (Å²) in [6.45, 7) is 2.64. The third-order valence-electron chi connectivity index (χ3n) is 18.1. The van der Waals surface area contributed by atoms with Gasteiger partial charge in [-0.15, -0.1) is 0 Å². The lowest BCUT2D eigenvalue weighted by Crippen LogP contribution is -2.46. The maximum atomic E-state index is 2.64. The van der Waals surface area contributed by atoms with E-state index in [1.807, 2.05) is 0 Å². The molecule has 0 N–H and O–H groups in total. The number of aromatic nitrogens is 1. The van der Waals surface area contributed by atoms with Gasteiger partial charge < -0.3 is 9.47 Å². The van der Waals surface area contributed by atoms with Gasteiger partial charge >= 0.3 is 0 Å². The fourth-order valence-corrected chi connectivity index (χ4v) is 14.9. The molecule has 0 aliphatic heterocycles. The van der Waals surface area contributed by atoms with Gasteiger partial charge in [0.15, 0.2) is 0 Å². The van der Waals surface area contributed by atoms with E-state index in [2.05, 4.69) is 259 Å². The number of para-hydroxylation sites is 2. The van der Waals surface area contributed by atoms with Crippen LogP contribution in [0.2, 0.25) is 0 Å². The molecule has 1 unspecified atom stereocenters. The van der Waals surface area contributed by atoms with Gasteiger partial charge in [0.25, 0.3) is 0 Å². The van der Waals surface area contributed by atoms with Gasteiger partial charge in [-0.1, -0.05) is 202 Å². The van der Waals surface area contributed by atoms with Crippen molar-refractivity contribution in [2.75, 3.05) is 4.90 Å². The number of benzene rings is 10. The molecular weight excluding hydrogens is 881 g/mol. The van der Waals surface area contributed by atoms with Gasteiger partial charge in [0.1, 0.15) is 0 Å². The Kier molecular flexibility index (Phi) is 9.55. The molecule has 2 bridgehead atoms. The molecule has 15 rings (SSSR count). The van der Waals surface area contributed by atoms with E-state index >= 15 is 0 Å². The molecule has 4 aliphatic carbocycles. The van der Waals surface area contributed by atoms with Crippen molar-refractivity contribution in [2.45, 2.75) is 49.9 Å². The lowest BCUT2D eigenvalue weighted by molar-refractivity contribution is 0.187. The van der Waals surface area contributed by atoms with Crippen molar-refractivity contribution in [3.63, 3.8) is 0 Å². The summed E-state index contributed by atoms with van der Waals surface area (Å²) in [5.74, 6) is 2.15. The molecule has 350 valence electrons. The van der Waals surface area contributed by atoms with E-state index in [-0.39, 0.29) is 5.41 Å². The largest absolute Gasteiger partial charge is 0.310 e. The van der Waals surface area contributed by atoms with E-state index in [9.17, 15) is 0 Å². The second-order valence-electron chi connectivity index (χ2n) is 21.7. The number of hydrogen-bond acceptors (Lipinski definition) is 1. The van der Waals surface area contributed by atoms with Gasteiger partial charge in [-0.3, -0.25) is 0 Å². The fraction of sp³-hybridized carbons (Fsp3) is 0.155. The van der Waals surface area contributed by atoms with Crippen LogP contribution in [0.3, 0.4) is 0 Å². The van der Waals surface area contributed by atoms with Crippen molar-refractivity contribution in [3.05, 3.63) is 276 Å². The summed E-state index contributed by atoms with van der Waals surface area (Å²) in [4.78, 5) is 2.52. The minimum Gasteiger partial charge on any atom is -0.310 e. The summed E-state index contributed by atoms with van der Waals surface area (Å²) >= 11 is 0. The van der Waals surface area contributed by atoms with Crippen LogP contribution in [-0.4, -0.2) is 4.57 Å². The van der Waals surface area contributed by atoms with Crippen molar-refractivity contribution in [1.82, 2.24) is 4.57 Å². The highest BCUT2D eigenvalue weighted by atomic mass is 15.1. The SMILES string of the molecule is C[C@]1(C2C[C@H]3CC[C@@H](C2)C3)c2ccccc2C2(c3ccccc3-c3ccccc32)c2ccc(N(c3ccc(-c4ccccc4)cc3)c3ccc(-c4cccc(-n5c6ccccc6c6ccccc65)c4)cc3)cc21. The molecule has 4 atom stereocenters. The standard InChI is InChI=1S/C71H56N2/c1-70(53-43-47-30-31-48(42-47)44-53)64-26-11-12-27-65(64)71(62-24-9-5-20-58(62)59-21-6-10-25-63(59)71)66-41-40-57(46-67(66)70)72(54-36-32-50(33-37-54)49-16-3-2-4-17-49)55-38-34-51(35-39-55)52-18-15-19-56(45-52)73-68-28-13-7-22-60(68)61-23-8-14-29-69(61)73/h2-29,32-41,45-48,53H,30-31,42-44H2,1H3/t47-,48+,53?,70-/m0/s1. The molecule has 0 radical (unpaired) electrons. The van der Waals surface area contributed by atoms with Gasteiger partial charge in [-0.2, -0.15) is 0 Å². The maximum absolute atomic E-state index is 2.64. The topological polar surface area (TPSA) is 8.17 Å². The average Bonchev–Trinajstić information content (AvgIpc) is 4.10. The summed E-state index contributed by atoms with van der Waals surface area (Å²) in [5, 5.41) is 2.55. The molecule has 4 aliphatic rings. The predicted octanol–water partition coefficient (Wildman–Crippen LogP) is 18.4. The maximum Gasteiger partial charge on any atom is 0.0719 e. The first-order valence-electron chi connectivity index (χ1n) is 26.6. The van der Waals surface area contributed by atoms with Crippen LogP contribution in [0.15, 0.2) is 243 Å². The van der Waals surface area contributed by atoms with Crippen LogP contribution in [-0.2, 0) is 10.8 Å². The zero-order valence-corrected chi connectivity index (χ0v) is 41.3. The summed E-state index contributed by atoms with van der Waals surface area (Å²) in [7, 11) is 0. The third-order valence-corrected chi connectivity index (χ3v) is 18.1.